The molecule has 2 unspecified atom stereocenters. The molecule has 6 nitrogen and oxygen atoms in total. The average Bonchev–Trinajstić information content (AvgIpc) is 2.53. The van der Waals surface area contributed by atoms with Crippen molar-refractivity contribution < 1.29 is 9.90 Å². The van der Waals surface area contributed by atoms with Crippen molar-refractivity contribution >= 4 is 5.91 Å². The van der Waals surface area contributed by atoms with Crippen molar-refractivity contribution in [1.29, 1.82) is 0 Å². The molecule has 0 saturated carbocycles. The molecular weight excluding hydrogens is 196 g/mol. The largest absolute Gasteiger partial charge is 0.393 e. The quantitative estimate of drug-likeness (QED) is 0.693. The molecule has 6 heteroatoms. The van der Waals surface area contributed by atoms with Crippen molar-refractivity contribution in [3.05, 3.63) is 12.4 Å². The number of nitrogens with zero attached hydrogens (tertiary/aromatic N) is 3. The summed E-state index contributed by atoms with van der Waals surface area (Å²) in [4.78, 5) is 11.4. The number of rotatable bonds is 5. The Morgan fingerprint density at radius 1 is 1.60 bits per heavy atom. The van der Waals surface area contributed by atoms with Crippen LogP contribution in [0, 0.1) is 0 Å². The first kappa shape index (κ1) is 11.6. The Morgan fingerprint density at radius 3 is 2.87 bits per heavy atom. The van der Waals surface area contributed by atoms with E-state index in [9.17, 15) is 4.79 Å². The lowest BCUT2D eigenvalue weighted by Gasteiger charge is -2.15. The van der Waals surface area contributed by atoms with E-state index >= 15 is 0 Å². The molecule has 1 rings (SSSR count). The van der Waals surface area contributed by atoms with Crippen LogP contribution in [0.3, 0.4) is 0 Å². The highest BCUT2D eigenvalue weighted by atomic mass is 16.3. The lowest BCUT2D eigenvalue weighted by Crippen LogP contribution is -2.36. The van der Waals surface area contributed by atoms with E-state index in [4.69, 9.17) is 5.11 Å². The summed E-state index contributed by atoms with van der Waals surface area (Å²) in [7, 11) is 0. The molecule has 2 atom stereocenters. The Morgan fingerprint density at radius 2 is 2.33 bits per heavy atom. The fourth-order valence-electron chi connectivity index (χ4n) is 1.36. The zero-order chi connectivity index (χ0) is 11.3. The molecule has 1 heterocycles. The summed E-state index contributed by atoms with van der Waals surface area (Å²) in [6, 6.07) is -0.0407. The molecule has 1 aromatic heterocycles. The highest BCUT2D eigenvalue weighted by molar-refractivity contribution is 5.75. The number of hydrogen-bond donors (Lipinski definition) is 2. The summed E-state index contributed by atoms with van der Waals surface area (Å²) < 4.78 is 1.45. The van der Waals surface area contributed by atoms with E-state index in [1.54, 1.807) is 13.1 Å². The second-order valence-corrected chi connectivity index (χ2v) is 3.65. The summed E-state index contributed by atoms with van der Waals surface area (Å²) >= 11 is 0. The minimum Gasteiger partial charge on any atom is -0.393 e. The van der Waals surface area contributed by atoms with Gasteiger partial charge in [0.05, 0.1) is 12.3 Å². The number of hydrogen-bond acceptors (Lipinski definition) is 4. The van der Waals surface area contributed by atoms with Gasteiger partial charge in [0, 0.05) is 12.2 Å². The zero-order valence-electron chi connectivity index (χ0n) is 8.92. The van der Waals surface area contributed by atoms with Crippen molar-refractivity contribution in [1.82, 2.24) is 20.3 Å². The standard InChI is InChI=1S/C9H16N4O2/c1-7(5-8(2)14)11-9(15)6-13-4-3-10-12-13/h3-4,7-8,14H,5-6H2,1-2H3,(H,11,15). The highest BCUT2D eigenvalue weighted by Crippen LogP contribution is 1.96. The third-order valence-corrected chi connectivity index (χ3v) is 1.88. The van der Waals surface area contributed by atoms with Gasteiger partial charge in [-0.05, 0) is 20.3 Å². The van der Waals surface area contributed by atoms with Gasteiger partial charge in [-0.2, -0.15) is 0 Å². The van der Waals surface area contributed by atoms with Gasteiger partial charge in [-0.1, -0.05) is 5.21 Å². The monoisotopic (exact) mass is 212 g/mol. The molecule has 2 N–H and O–H groups in total. The number of aliphatic hydroxyl groups is 1. The van der Waals surface area contributed by atoms with Crippen LogP contribution in [0.5, 0.6) is 0 Å². The van der Waals surface area contributed by atoms with Crippen molar-refractivity contribution in [3.8, 4) is 0 Å². The fourth-order valence-corrected chi connectivity index (χ4v) is 1.36. The smallest absolute Gasteiger partial charge is 0.242 e. The van der Waals surface area contributed by atoms with E-state index < -0.39 is 6.10 Å². The van der Waals surface area contributed by atoms with Crippen LogP contribution in [0.4, 0.5) is 0 Å². The van der Waals surface area contributed by atoms with Gasteiger partial charge >= 0.3 is 0 Å². The molecule has 0 aromatic carbocycles. The second-order valence-electron chi connectivity index (χ2n) is 3.65. The predicted molar refractivity (Wildman–Crippen MR) is 53.9 cm³/mol. The molecular formula is C9H16N4O2. The summed E-state index contributed by atoms with van der Waals surface area (Å²) in [6.07, 6.45) is 3.28. The van der Waals surface area contributed by atoms with Crippen LogP contribution < -0.4 is 5.32 Å². The summed E-state index contributed by atoms with van der Waals surface area (Å²) in [5, 5.41) is 19.2. The van der Waals surface area contributed by atoms with Crippen LogP contribution in [-0.2, 0) is 11.3 Å². The van der Waals surface area contributed by atoms with Gasteiger partial charge in [0.25, 0.3) is 0 Å². The summed E-state index contributed by atoms with van der Waals surface area (Å²) in [6.45, 7) is 3.70. The maximum Gasteiger partial charge on any atom is 0.242 e. The minimum absolute atomic E-state index is 0.0407. The first-order chi connectivity index (χ1) is 7.08. The van der Waals surface area contributed by atoms with Gasteiger partial charge in [-0.15, -0.1) is 5.10 Å². The zero-order valence-corrected chi connectivity index (χ0v) is 8.92. The van der Waals surface area contributed by atoms with Crippen molar-refractivity contribution in [2.45, 2.75) is 39.0 Å². The van der Waals surface area contributed by atoms with E-state index in [0.29, 0.717) is 6.42 Å². The Hall–Kier alpha value is -1.43. The van der Waals surface area contributed by atoms with Gasteiger partial charge in [0.15, 0.2) is 0 Å². The van der Waals surface area contributed by atoms with Crippen molar-refractivity contribution in [3.63, 3.8) is 0 Å². The van der Waals surface area contributed by atoms with Gasteiger partial charge in [0.1, 0.15) is 6.54 Å². The topological polar surface area (TPSA) is 80.0 Å². The highest BCUT2D eigenvalue weighted by Gasteiger charge is 2.10. The van der Waals surface area contributed by atoms with Crippen LogP contribution in [-0.4, -0.2) is 38.2 Å². The minimum atomic E-state index is -0.410. The van der Waals surface area contributed by atoms with Gasteiger partial charge in [0.2, 0.25) is 5.91 Å². The second kappa shape index (κ2) is 5.45. The van der Waals surface area contributed by atoms with Crippen molar-refractivity contribution in [2.24, 2.45) is 0 Å². The molecule has 0 aliphatic heterocycles. The molecule has 84 valence electrons. The molecule has 0 spiro atoms. The maximum atomic E-state index is 11.4. The van der Waals surface area contributed by atoms with Crippen LogP contribution in [0.2, 0.25) is 0 Å². The van der Waals surface area contributed by atoms with E-state index in [-0.39, 0.29) is 18.5 Å². The van der Waals surface area contributed by atoms with E-state index in [0.717, 1.165) is 0 Å². The SMILES string of the molecule is CC(O)CC(C)NC(=O)Cn1ccnn1. The molecule has 0 aliphatic carbocycles. The van der Waals surface area contributed by atoms with Gasteiger partial charge in [-0.25, -0.2) is 4.68 Å². The Bertz CT molecular complexity index is 297. The Labute approximate surface area is 88.3 Å². The molecule has 0 saturated heterocycles. The third-order valence-electron chi connectivity index (χ3n) is 1.88. The first-order valence-electron chi connectivity index (χ1n) is 4.89. The molecule has 0 fully saturated rings. The van der Waals surface area contributed by atoms with Gasteiger partial charge in [-0.3, -0.25) is 4.79 Å². The molecule has 15 heavy (non-hydrogen) atoms. The average molecular weight is 212 g/mol. The molecule has 1 amide bonds. The van der Waals surface area contributed by atoms with Crippen LogP contribution in [0.15, 0.2) is 12.4 Å². The third kappa shape index (κ3) is 4.55. The number of carbonyl (C=O) groups is 1. The Balaban J connectivity index is 2.30. The number of aliphatic hydroxyl groups excluding tert-OH is 1. The lowest BCUT2D eigenvalue weighted by molar-refractivity contribution is -0.122. The van der Waals surface area contributed by atoms with Crippen LogP contribution in [0.25, 0.3) is 0 Å². The summed E-state index contributed by atoms with van der Waals surface area (Å²) in [5.74, 6) is -0.131. The molecule has 0 aliphatic rings. The molecule has 0 radical (unpaired) electrons. The normalized spacial score (nSPS) is 14.6. The maximum absolute atomic E-state index is 11.4. The van der Waals surface area contributed by atoms with Crippen molar-refractivity contribution in [2.75, 3.05) is 0 Å². The van der Waals surface area contributed by atoms with Crippen LogP contribution >= 0.6 is 0 Å². The number of carbonyl (C=O) groups excluding carboxylic acids is 1. The van der Waals surface area contributed by atoms with Crippen LogP contribution in [0.1, 0.15) is 20.3 Å². The predicted octanol–water partition coefficient (Wildman–Crippen LogP) is -0.446. The lowest BCUT2D eigenvalue weighted by atomic mass is 10.1. The van der Waals surface area contributed by atoms with E-state index in [1.165, 1.54) is 10.9 Å². The molecule has 1 aromatic rings. The molecule has 0 bridgehead atoms. The number of amides is 1. The number of aromatic nitrogens is 3. The summed E-state index contributed by atoms with van der Waals surface area (Å²) in [5.41, 5.74) is 0. The van der Waals surface area contributed by atoms with Gasteiger partial charge < -0.3 is 10.4 Å². The first-order valence-corrected chi connectivity index (χ1v) is 4.89. The fraction of sp³-hybridized carbons (Fsp3) is 0.667. The Kier molecular flexibility index (Phi) is 4.23. The van der Waals surface area contributed by atoms with E-state index in [2.05, 4.69) is 15.6 Å². The van der Waals surface area contributed by atoms with E-state index in [1.807, 2.05) is 6.92 Å². The number of nitrogens with one attached hydrogen (secondary N) is 1.